The fourth-order valence-corrected chi connectivity index (χ4v) is 4.77. The molecule has 3 aromatic rings. The Balaban J connectivity index is 1.77. The van der Waals surface area contributed by atoms with Gasteiger partial charge in [-0.1, -0.05) is 38.0 Å². The van der Waals surface area contributed by atoms with Crippen molar-refractivity contribution in [2.24, 2.45) is 0 Å². The van der Waals surface area contributed by atoms with E-state index in [9.17, 15) is 53.1 Å². The normalized spacial score (nSPS) is 13.4. The number of ether oxygens (including phenoxy) is 5. The molecule has 0 saturated carbocycles. The summed E-state index contributed by atoms with van der Waals surface area (Å²) in [6, 6.07) is 8.48. The molecule has 0 amide bonds. The van der Waals surface area contributed by atoms with Crippen molar-refractivity contribution in [1.82, 2.24) is 0 Å². The molecular weight excluding hydrogens is 689 g/mol. The zero-order chi connectivity index (χ0) is 35.3. The van der Waals surface area contributed by atoms with Crippen molar-refractivity contribution >= 4 is 22.7 Å². The molecule has 1 aromatic heterocycles. The van der Waals surface area contributed by atoms with Gasteiger partial charge in [-0.15, -0.1) is 42.5 Å². The minimum atomic E-state index is -5.83. The quantitative estimate of drug-likeness (QED) is 0.0451. The predicted octanol–water partition coefficient (Wildman–Crippen LogP) is 9.17. The van der Waals surface area contributed by atoms with Crippen LogP contribution in [0.25, 0.3) is 22.1 Å². The van der Waals surface area contributed by atoms with E-state index in [-0.39, 0.29) is 38.8 Å². The largest absolute Gasteiger partial charge is 0.573 e. The molecule has 0 unspecified atom stereocenters. The number of hydrogen-bond acceptors (Lipinski definition) is 8. The summed E-state index contributed by atoms with van der Waals surface area (Å²) in [6.45, 7) is 0.145. The first-order chi connectivity index (χ1) is 21.6. The number of halogens is 11. The average molecular weight is 715 g/mol. The lowest BCUT2D eigenvalue weighted by Gasteiger charge is -2.27. The molecule has 262 valence electrons. The van der Waals surface area contributed by atoms with E-state index in [2.05, 4.69) is 23.7 Å². The highest BCUT2D eigenvalue weighted by Gasteiger charge is 2.56. The van der Waals surface area contributed by atoms with Crippen LogP contribution in [0.15, 0.2) is 56.6 Å². The topological polar surface area (TPSA) is 76.4 Å². The van der Waals surface area contributed by atoms with Crippen molar-refractivity contribution in [2.45, 2.75) is 68.7 Å². The highest BCUT2D eigenvalue weighted by molar-refractivity contribution is 7.99. The molecule has 0 aliphatic heterocycles. The number of thioether (sulfide) groups is 1. The molecule has 47 heavy (non-hydrogen) atoms. The smallest absolute Gasteiger partial charge is 0.422 e. The first kappa shape index (κ1) is 38.3. The number of methoxy groups -OCH3 is 1. The minimum Gasteiger partial charge on any atom is -0.422 e. The van der Waals surface area contributed by atoms with Crippen molar-refractivity contribution in [3.8, 4) is 16.9 Å². The lowest BCUT2D eigenvalue weighted by molar-refractivity contribution is -0.572. The van der Waals surface area contributed by atoms with Crippen LogP contribution in [0, 0.1) is 0 Å². The monoisotopic (exact) mass is 714 g/mol. The molecule has 0 fully saturated rings. The summed E-state index contributed by atoms with van der Waals surface area (Å²) in [6.07, 6.45) is -23.6. The highest BCUT2D eigenvalue weighted by Crippen LogP contribution is 2.39. The Morgan fingerprint density at radius 3 is 2.04 bits per heavy atom. The maximum Gasteiger partial charge on any atom is 0.573 e. The third-order valence-electron chi connectivity index (χ3n) is 5.83. The molecule has 7 nitrogen and oxygen atoms in total. The molecule has 0 aliphatic rings. The van der Waals surface area contributed by atoms with Crippen molar-refractivity contribution in [2.75, 3.05) is 19.5 Å². The standard InChI is InChI=1S/C28H25F11O7S/c1-3-4-5-6-16-7-10-19(22(11-16)43-26(33,34)35)20-12-17-8-9-18(13-21(17)42-23(20)40)47-15-25(31,32)45-28(38,39)46-27(36,37)44-24(29,30)14-41-2/h7-13H,3-6,14-15H2,1-2H3. The van der Waals surface area contributed by atoms with Gasteiger partial charge in [-0.3, -0.25) is 0 Å². The van der Waals surface area contributed by atoms with Crippen molar-refractivity contribution in [3.63, 3.8) is 0 Å². The molecule has 0 bridgehead atoms. The van der Waals surface area contributed by atoms with Crippen molar-refractivity contribution in [1.29, 1.82) is 0 Å². The second-order valence-electron chi connectivity index (χ2n) is 9.71. The molecule has 3 rings (SSSR count). The molecule has 2 aromatic carbocycles. The molecule has 0 atom stereocenters. The summed E-state index contributed by atoms with van der Waals surface area (Å²) in [5, 5.41) is 0.115. The summed E-state index contributed by atoms with van der Waals surface area (Å²) < 4.78 is 170. The molecular formula is C28H25F11O7S. The van der Waals surface area contributed by atoms with E-state index >= 15 is 0 Å². The minimum absolute atomic E-state index is 0.115. The second-order valence-corrected chi connectivity index (χ2v) is 10.8. The Morgan fingerprint density at radius 1 is 0.766 bits per heavy atom. The SMILES string of the molecule is CCCCCc1ccc(-c2cc3ccc(SCC(F)(F)OC(F)(F)OC(F)(F)OC(F)(F)COC)cc3oc2=O)c(OC(F)(F)F)c1. The maximum atomic E-state index is 14.1. The molecule has 0 N–H and O–H groups in total. The van der Waals surface area contributed by atoms with Gasteiger partial charge < -0.3 is 13.9 Å². The van der Waals surface area contributed by atoms with E-state index in [0.717, 1.165) is 31.0 Å². The van der Waals surface area contributed by atoms with Gasteiger partial charge in [0.1, 0.15) is 17.9 Å². The highest BCUT2D eigenvalue weighted by atomic mass is 32.2. The van der Waals surface area contributed by atoms with E-state index in [0.29, 0.717) is 25.5 Å². The number of alkyl halides is 11. The maximum absolute atomic E-state index is 14.1. The Bertz CT molecular complexity index is 1560. The van der Waals surface area contributed by atoms with Crippen LogP contribution in [0.1, 0.15) is 31.7 Å². The van der Waals surface area contributed by atoms with Crippen LogP contribution in [0.5, 0.6) is 5.75 Å². The zero-order valence-corrected chi connectivity index (χ0v) is 25.0. The summed E-state index contributed by atoms with van der Waals surface area (Å²) in [7, 11) is 0.647. The van der Waals surface area contributed by atoms with Gasteiger partial charge in [0.15, 0.2) is 0 Å². The zero-order valence-electron chi connectivity index (χ0n) is 24.2. The van der Waals surface area contributed by atoms with Crippen LogP contribution < -0.4 is 10.4 Å². The van der Waals surface area contributed by atoms with Gasteiger partial charge >= 0.3 is 36.8 Å². The third kappa shape index (κ3) is 12.1. The van der Waals surface area contributed by atoms with Gasteiger partial charge in [-0.05, 0) is 42.7 Å². The molecule has 0 aliphatic carbocycles. The number of rotatable bonds is 17. The van der Waals surface area contributed by atoms with E-state index in [1.54, 1.807) is 0 Å². The van der Waals surface area contributed by atoms with Crippen LogP contribution in [0.2, 0.25) is 0 Å². The van der Waals surface area contributed by atoms with Gasteiger partial charge in [0.25, 0.3) is 0 Å². The summed E-state index contributed by atoms with van der Waals surface area (Å²) in [5.74, 6) is -2.32. The van der Waals surface area contributed by atoms with Crippen molar-refractivity contribution in [3.05, 3.63) is 58.4 Å². The molecule has 0 spiro atoms. The number of aryl methyl sites for hydroxylation is 1. The molecule has 19 heteroatoms. The lowest BCUT2D eigenvalue weighted by atomic mass is 10.00. The molecule has 0 saturated heterocycles. The fraction of sp³-hybridized carbons (Fsp3) is 0.464. The van der Waals surface area contributed by atoms with Crippen molar-refractivity contribution < 1.29 is 76.4 Å². The van der Waals surface area contributed by atoms with Gasteiger partial charge in [-0.2, -0.15) is 17.6 Å². The van der Waals surface area contributed by atoms with Crippen LogP contribution >= 0.6 is 11.8 Å². The lowest BCUT2D eigenvalue weighted by Crippen LogP contribution is -2.46. The number of hydrogen-bond donors (Lipinski definition) is 0. The molecule has 1 heterocycles. The van der Waals surface area contributed by atoms with Crippen LogP contribution in [-0.4, -0.2) is 50.6 Å². The summed E-state index contributed by atoms with van der Waals surface area (Å²) in [4.78, 5) is 12.6. The Labute approximate surface area is 262 Å². The first-order valence-corrected chi connectivity index (χ1v) is 14.3. The van der Waals surface area contributed by atoms with Crippen LogP contribution in [-0.2, 0) is 25.4 Å². The summed E-state index contributed by atoms with van der Waals surface area (Å²) in [5.41, 5.74) is -1.40. The van der Waals surface area contributed by atoms with E-state index in [4.69, 9.17) is 4.42 Å². The predicted molar refractivity (Wildman–Crippen MR) is 143 cm³/mol. The van der Waals surface area contributed by atoms with E-state index in [1.165, 1.54) is 24.3 Å². The Kier molecular flexibility index (Phi) is 12.2. The molecule has 0 radical (unpaired) electrons. The Hall–Kier alpha value is -3.13. The first-order valence-electron chi connectivity index (χ1n) is 13.3. The Morgan fingerprint density at radius 2 is 1.43 bits per heavy atom. The third-order valence-corrected chi connectivity index (χ3v) is 6.90. The van der Waals surface area contributed by atoms with Gasteiger partial charge in [0, 0.05) is 23.0 Å². The van der Waals surface area contributed by atoms with Gasteiger partial charge in [0.2, 0.25) is 0 Å². The van der Waals surface area contributed by atoms with Crippen LogP contribution in [0.3, 0.4) is 0 Å². The fourth-order valence-electron chi connectivity index (χ4n) is 4.02. The number of benzene rings is 2. The number of unbranched alkanes of at least 4 members (excludes halogenated alkanes) is 2. The van der Waals surface area contributed by atoms with Gasteiger partial charge in [0.05, 0.1) is 11.3 Å². The van der Waals surface area contributed by atoms with E-state index in [1.807, 2.05) is 6.92 Å². The van der Waals surface area contributed by atoms with Gasteiger partial charge in [-0.25, -0.2) is 19.0 Å². The number of fused-ring (bicyclic) bond motifs is 1. The summed E-state index contributed by atoms with van der Waals surface area (Å²) >= 11 is 0.116. The second kappa shape index (κ2) is 15.0. The van der Waals surface area contributed by atoms with E-state index < -0.39 is 54.9 Å². The average Bonchev–Trinajstić information content (AvgIpc) is 2.89. The van der Waals surface area contributed by atoms with Crippen LogP contribution in [0.4, 0.5) is 48.3 Å².